The van der Waals surface area contributed by atoms with Gasteiger partial charge in [0.25, 0.3) is 0 Å². The number of benzene rings is 2. The molecular formula is C25H42O2. The fraction of sp³-hybridized carbons (Fsp3) is 0.440. The standard InChI is InChI=1S/C12H14.C7H8.C3H8.C2H6.CH4O.H2O/c1-3-10-5-4-6-11-8-7-9(2)12(10)11;1-7-5-3-2-4-6-7;1-3-2;2*1-2;/h4-7H,3,8H2,1-2H3;2-6H,1H3;3H2,1-2H3;1-2H3;2H,1H3;1H2. The summed E-state index contributed by atoms with van der Waals surface area (Å²) in [5.74, 6) is 0. The largest absolute Gasteiger partial charge is 0.412 e. The third kappa shape index (κ3) is 12.2. The van der Waals surface area contributed by atoms with E-state index in [-0.39, 0.29) is 5.48 Å². The first-order valence-corrected chi connectivity index (χ1v) is 9.88. The van der Waals surface area contributed by atoms with E-state index in [4.69, 9.17) is 5.11 Å². The molecule has 2 aromatic carbocycles. The van der Waals surface area contributed by atoms with Crippen LogP contribution in [0, 0.1) is 6.92 Å². The molecule has 0 bridgehead atoms. The highest BCUT2D eigenvalue weighted by atomic mass is 16.2. The Balaban J connectivity index is -0.000000331. The van der Waals surface area contributed by atoms with Gasteiger partial charge in [-0.15, -0.1) is 0 Å². The van der Waals surface area contributed by atoms with E-state index in [0.29, 0.717) is 0 Å². The Bertz CT molecular complexity index is 587. The van der Waals surface area contributed by atoms with E-state index < -0.39 is 0 Å². The van der Waals surface area contributed by atoms with Crippen molar-refractivity contribution in [3.8, 4) is 0 Å². The van der Waals surface area contributed by atoms with Crippen molar-refractivity contribution >= 4 is 5.57 Å². The summed E-state index contributed by atoms with van der Waals surface area (Å²) in [4.78, 5) is 0. The Morgan fingerprint density at radius 2 is 1.33 bits per heavy atom. The lowest BCUT2D eigenvalue weighted by atomic mass is 9.98. The number of rotatable bonds is 1. The van der Waals surface area contributed by atoms with Crippen LogP contribution < -0.4 is 0 Å². The monoisotopic (exact) mass is 374 g/mol. The van der Waals surface area contributed by atoms with E-state index in [9.17, 15) is 0 Å². The average molecular weight is 375 g/mol. The van der Waals surface area contributed by atoms with Gasteiger partial charge in [-0.1, -0.05) is 101 Å². The summed E-state index contributed by atoms with van der Waals surface area (Å²) in [6.07, 6.45) is 5.85. The average Bonchev–Trinajstić information content (AvgIpc) is 3.08. The van der Waals surface area contributed by atoms with Gasteiger partial charge in [-0.25, -0.2) is 0 Å². The topological polar surface area (TPSA) is 51.7 Å². The zero-order valence-electron chi connectivity index (χ0n) is 18.8. The molecule has 0 radical (unpaired) electrons. The molecule has 0 fully saturated rings. The molecule has 3 N–H and O–H groups in total. The third-order valence-corrected chi connectivity index (χ3v) is 3.58. The van der Waals surface area contributed by atoms with Gasteiger partial charge < -0.3 is 10.6 Å². The number of hydrogen-bond acceptors (Lipinski definition) is 1. The third-order valence-electron chi connectivity index (χ3n) is 3.58. The molecule has 0 aromatic heterocycles. The van der Waals surface area contributed by atoms with Crippen molar-refractivity contribution in [1.29, 1.82) is 0 Å². The normalized spacial score (nSPS) is 9.74. The zero-order chi connectivity index (χ0) is 20.4. The SMILES string of the molecule is CC.CCC.CCc1cccc2c1C(C)=CC2.CO.Cc1ccccc1.O. The highest BCUT2D eigenvalue weighted by molar-refractivity contribution is 5.74. The molecule has 2 heteroatoms. The first-order chi connectivity index (χ1) is 12.6. The van der Waals surface area contributed by atoms with Crippen LogP contribution in [0.15, 0.2) is 54.6 Å². The van der Waals surface area contributed by atoms with Crippen LogP contribution in [-0.4, -0.2) is 17.7 Å². The number of aliphatic hydroxyl groups excluding tert-OH is 1. The number of aryl methyl sites for hydroxylation is 2. The molecule has 0 heterocycles. The van der Waals surface area contributed by atoms with Gasteiger partial charge in [-0.3, -0.25) is 0 Å². The number of hydrogen-bond donors (Lipinski definition) is 1. The lowest BCUT2D eigenvalue weighted by Crippen LogP contribution is -1.90. The maximum atomic E-state index is 7.00. The minimum Gasteiger partial charge on any atom is -0.412 e. The lowest BCUT2D eigenvalue weighted by molar-refractivity contribution is 0.399. The highest BCUT2D eigenvalue weighted by Gasteiger charge is 2.12. The van der Waals surface area contributed by atoms with Crippen LogP contribution in [0.5, 0.6) is 0 Å². The molecule has 2 aromatic rings. The van der Waals surface area contributed by atoms with Gasteiger partial charge in [0.1, 0.15) is 0 Å². The van der Waals surface area contributed by atoms with Crippen LogP contribution in [0.2, 0.25) is 0 Å². The Morgan fingerprint density at radius 3 is 1.74 bits per heavy atom. The van der Waals surface area contributed by atoms with E-state index in [2.05, 4.69) is 71.0 Å². The maximum absolute atomic E-state index is 7.00. The summed E-state index contributed by atoms with van der Waals surface area (Å²) in [5, 5.41) is 7.00. The molecule has 0 saturated carbocycles. The van der Waals surface area contributed by atoms with Crippen molar-refractivity contribution in [1.82, 2.24) is 0 Å². The molecule has 1 aliphatic rings. The first-order valence-electron chi connectivity index (χ1n) is 9.88. The molecule has 2 nitrogen and oxygen atoms in total. The predicted molar refractivity (Wildman–Crippen MR) is 123 cm³/mol. The number of fused-ring (bicyclic) bond motifs is 1. The van der Waals surface area contributed by atoms with Gasteiger partial charge >= 0.3 is 0 Å². The van der Waals surface area contributed by atoms with E-state index in [0.717, 1.165) is 20.0 Å². The summed E-state index contributed by atoms with van der Waals surface area (Å²) in [7, 11) is 1.00. The molecule has 154 valence electrons. The van der Waals surface area contributed by atoms with Gasteiger partial charge in [-0.2, -0.15) is 0 Å². The molecule has 0 amide bonds. The summed E-state index contributed by atoms with van der Waals surface area (Å²) in [6.45, 7) is 14.8. The summed E-state index contributed by atoms with van der Waals surface area (Å²) in [5.41, 5.74) is 7.30. The summed E-state index contributed by atoms with van der Waals surface area (Å²) in [6, 6.07) is 16.9. The number of allylic oxidation sites excluding steroid dienone is 2. The number of aliphatic hydroxyl groups is 1. The molecule has 0 unspecified atom stereocenters. The highest BCUT2D eigenvalue weighted by Crippen LogP contribution is 2.30. The van der Waals surface area contributed by atoms with Crippen LogP contribution in [-0.2, 0) is 12.8 Å². The van der Waals surface area contributed by atoms with Crippen molar-refractivity contribution in [2.24, 2.45) is 0 Å². The molecule has 0 saturated heterocycles. The van der Waals surface area contributed by atoms with Gasteiger partial charge in [0.05, 0.1) is 0 Å². The molecule has 0 aliphatic heterocycles. The minimum absolute atomic E-state index is 0. The lowest BCUT2D eigenvalue weighted by Gasteiger charge is -2.07. The molecule has 0 spiro atoms. The van der Waals surface area contributed by atoms with Gasteiger partial charge in [-0.05, 0) is 49.0 Å². The van der Waals surface area contributed by atoms with E-state index >= 15 is 0 Å². The predicted octanol–water partition coefficient (Wildman–Crippen LogP) is 6.43. The van der Waals surface area contributed by atoms with Crippen molar-refractivity contribution in [3.63, 3.8) is 0 Å². The molecular weight excluding hydrogens is 332 g/mol. The van der Waals surface area contributed by atoms with E-state index in [1.54, 1.807) is 0 Å². The molecule has 3 rings (SSSR count). The van der Waals surface area contributed by atoms with Crippen LogP contribution in [0.3, 0.4) is 0 Å². The maximum Gasteiger partial charge on any atom is 0.0319 e. The Hall–Kier alpha value is -1.90. The fourth-order valence-electron chi connectivity index (χ4n) is 2.52. The van der Waals surface area contributed by atoms with Crippen molar-refractivity contribution in [3.05, 3.63) is 76.9 Å². The molecule has 1 aliphatic carbocycles. The second kappa shape index (κ2) is 20.4. The fourth-order valence-corrected chi connectivity index (χ4v) is 2.52. The second-order valence-electron chi connectivity index (χ2n) is 5.76. The van der Waals surface area contributed by atoms with E-state index in [1.807, 2.05) is 32.0 Å². The van der Waals surface area contributed by atoms with Gasteiger partial charge in [0.2, 0.25) is 0 Å². The zero-order valence-corrected chi connectivity index (χ0v) is 18.8. The van der Waals surface area contributed by atoms with Crippen LogP contribution in [0.1, 0.15) is 70.2 Å². The summed E-state index contributed by atoms with van der Waals surface area (Å²) < 4.78 is 0. The molecule has 27 heavy (non-hydrogen) atoms. The Labute approximate surface area is 168 Å². The van der Waals surface area contributed by atoms with Crippen LogP contribution >= 0.6 is 0 Å². The minimum atomic E-state index is 0. The van der Waals surface area contributed by atoms with Gasteiger partial charge in [0.15, 0.2) is 0 Å². The summed E-state index contributed by atoms with van der Waals surface area (Å²) >= 11 is 0. The van der Waals surface area contributed by atoms with Crippen molar-refractivity contribution in [2.75, 3.05) is 7.11 Å². The van der Waals surface area contributed by atoms with Crippen LogP contribution in [0.25, 0.3) is 5.57 Å². The smallest absolute Gasteiger partial charge is 0.0319 e. The Kier molecular flexibility index (Phi) is 22.6. The first kappa shape index (κ1) is 29.8. The van der Waals surface area contributed by atoms with Gasteiger partial charge in [0, 0.05) is 7.11 Å². The van der Waals surface area contributed by atoms with E-state index in [1.165, 1.54) is 34.2 Å². The van der Waals surface area contributed by atoms with Crippen molar-refractivity contribution < 1.29 is 10.6 Å². The Morgan fingerprint density at radius 1 is 0.815 bits per heavy atom. The van der Waals surface area contributed by atoms with Crippen LogP contribution in [0.4, 0.5) is 0 Å². The molecule has 0 atom stereocenters. The second-order valence-corrected chi connectivity index (χ2v) is 5.76. The quantitative estimate of drug-likeness (QED) is 0.614. The van der Waals surface area contributed by atoms with Crippen molar-refractivity contribution in [2.45, 2.75) is 67.7 Å².